The van der Waals surface area contributed by atoms with Crippen molar-refractivity contribution >= 4 is 31.6 Å². The molecule has 3 aliphatic rings. The van der Waals surface area contributed by atoms with E-state index in [1.165, 1.54) is 5.01 Å². The summed E-state index contributed by atoms with van der Waals surface area (Å²) in [7, 11) is -1.84. The SMILES string of the molecule is CO[C@H]1c2cc(N3N=C(c4ccccc4)CCC3=O)ccc2O[C@@H](C(CC(=O)N2Cc3ccccc3C[C@H]2CO)[Si](C)(C)F)[C@@H]1C. The number of amides is 2. The van der Waals surface area contributed by atoms with Crippen LogP contribution in [-0.4, -0.2) is 61.8 Å². The van der Waals surface area contributed by atoms with Gasteiger partial charge in [-0.3, -0.25) is 9.59 Å². The number of hydrogen-bond donors (Lipinski definition) is 1. The van der Waals surface area contributed by atoms with Gasteiger partial charge in [0.05, 0.1) is 30.2 Å². The Kier molecular flexibility index (Phi) is 9.14. The number of anilines is 1. The predicted octanol–water partition coefficient (Wildman–Crippen LogP) is 6.18. The van der Waals surface area contributed by atoms with Gasteiger partial charge in [-0.05, 0) is 54.4 Å². The van der Waals surface area contributed by atoms with Gasteiger partial charge in [-0.15, -0.1) is 0 Å². The minimum Gasteiger partial charge on any atom is -0.490 e. The molecule has 1 N–H and O–H groups in total. The summed E-state index contributed by atoms with van der Waals surface area (Å²) in [6.45, 7) is 5.45. The average Bonchev–Trinajstić information content (AvgIpc) is 3.06. The third-order valence-electron chi connectivity index (χ3n) is 9.76. The average molecular weight is 644 g/mol. The van der Waals surface area contributed by atoms with Crippen LogP contribution in [0.2, 0.25) is 18.6 Å². The highest BCUT2D eigenvalue weighted by molar-refractivity contribution is 6.72. The van der Waals surface area contributed by atoms with Crippen molar-refractivity contribution in [1.82, 2.24) is 4.90 Å². The van der Waals surface area contributed by atoms with Crippen molar-refractivity contribution in [2.24, 2.45) is 11.0 Å². The van der Waals surface area contributed by atoms with Crippen LogP contribution >= 0.6 is 0 Å². The van der Waals surface area contributed by atoms with Crippen LogP contribution in [0.5, 0.6) is 5.75 Å². The molecule has 10 heteroatoms. The Labute approximate surface area is 271 Å². The summed E-state index contributed by atoms with van der Waals surface area (Å²) in [5, 5.41) is 16.3. The molecule has 6 rings (SSSR count). The first-order valence-electron chi connectivity index (χ1n) is 16.0. The normalized spacial score (nSPS) is 23.6. The van der Waals surface area contributed by atoms with Crippen LogP contribution in [0.3, 0.4) is 0 Å². The van der Waals surface area contributed by atoms with Crippen LogP contribution in [0.15, 0.2) is 77.9 Å². The Bertz CT molecular complexity index is 1630. The first kappa shape index (κ1) is 32.1. The minimum absolute atomic E-state index is 0.0213. The summed E-state index contributed by atoms with van der Waals surface area (Å²) in [5.41, 5.74) is 4.71. The van der Waals surface area contributed by atoms with E-state index in [9.17, 15) is 14.7 Å². The second-order valence-electron chi connectivity index (χ2n) is 13.1. The number of hydrogen-bond acceptors (Lipinski definition) is 6. The molecule has 0 aliphatic carbocycles. The maximum Gasteiger partial charge on any atom is 0.248 e. The zero-order chi connectivity index (χ0) is 32.6. The van der Waals surface area contributed by atoms with E-state index in [0.717, 1.165) is 28.0 Å². The van der Waals surface area contributed by atoms with E-state index in [1.54, 1.807) is 37.2 Å². The Hall–Kier alpha value is -3.86. The van der Waals surface area contributed by atoms with Gasteiger partial charge in [0, 0.05) is 49.9 Å². The number of benzene rings is 3. The molecular weight excluding hydrogens is 601 g/mol. The second kappa shape index (κ2) is 13.1. The van der Waals surface area contributed by atoms with Gasteiger partial charge in [-0.1, -0.05) is 61.5 Å². The zero-order valence-electron chi connectivity index (χ0n) is 26.9. The largest absolute Gasteiger partial charge is 0.490 e. The first-order valence-corrected chi connectivity index (χ1v) is 19.0. The topological polar surface area (TPSA) is 91.7 Å². The highest BCUT2D eigenvalue weighted by atomic mass is 28.4. The number of ether oxygens (including phenoxy) is 2. The highest BCUT2D eigenvalue weighted by Gasteiger charge is 2.49. The molecule has 46 heavy (non-hydrogen) atoms. The lowest BCUT2D eigenvalue weighted by Crippen LogP contribution is -2.50. The first-order chi connectivity index (χ1) is 22.1. The third-order valence-corrected chi connectivity index (χ3v) is 12.1. The van der Waals surface area contributed by atoms with Gasteiger partial charge in [-0.25, -0.2) is 5.01 Å². The van der Waals surface area contributed by atoms with Crippen LogP contribution in [0.25, 0.3) is 0 Å². The second-order valence-corrected chi connectivity index (χ2v) is 17.0. The van der Waals surface area contributed by atoms with Gasteiger partial charge in [0.15, 0.2) is 0 Å². The molecule has 0 bridgehead atoms. The zero-order valence-corrected chi connectivity index (χ0v) is 27.9. The number of rotatable bonds is 8. The molecular formula is C36H42FN3O5Si. The molecule has 0 spiro atoms. The lowest BCUT2D eigenvalue weighted by molar-refractivity contribution is -0.136. The van der Waals surface area contributed by atoms with Crippen molar-refractivity contribution in [2.45, 2.75) is 76.0 Å². The Morgan fingerprint density at radius 2 is 1.80 bits per heavy atom. The van der Waals surface area contributed by atoms with E-state index in [2.05, 4.69) is 0 Å². The molecule has 1 unspecified atom stereocenters. The molecule has 5 atom stereocenters. The van der Waals surface area contributed by atoms with Gasteiger partial charge in [0.25, 0.3) is 0 Å². The fraction of sp³-hybridized carbons (Fsp3) is 0.417. The van der Waals surface area contributed by atoms with E-state index in [0.29, 0.717) is 37.2 Å². The highest BCUT2D eigenvalue weighted by Crippen LogP contribution is 2.48. The monoisotopic (exact) mass is 643 g/mol. The predicted molar refractivity (Wildman–Crippen MR) is 178 cm³/mol. The van der Waals surface area contributed by atoms with Crippen LogP contribution in [0.1, 0.15) is 54.5 Å². The number of methoxy groups -OCH3 is 1. The molecule has 3 heterocycles. The fourth-order valence-electron chi connectivity index (χ4n) is 7.19. The quantitative estimate of drug-likeness (QED) is 0.234. The summed E-state index contributed by atoms with van der Waals surface area (Å²) in [5.74, 6) is -0.0182. The van der Waals surface area contributed by atoms with E-state index in [1.807, 2.05) is 67.6 Å². The van der Waals surface area contributed by atoms with E-state index in [-0.39, 0.29) is 36.8 Å². The van der Waals surface area contributed by atoms with Crippen molar-refractivity contribution < 1.29 is 28.3 Å². The maximum atomic E-state index is 16.2. The number of hydrazone groups is 1. The molecule has 0 radical (unpaired) electrons. The molecule has 8 nitrogen and oxygen atoms in total. The van der Waals surface area contributed by atoms with E-state index >= 15 is 4.11 Å². The smallest absolute Gasteiger partial charge is 0.248 e. The summed E-state index contributed by atoms with van der Waals surface area (Å²) in [6, 6.07) is 22.9. The summed E-state index contributed by atoms with van der Waals surface area (Å²) >= 11 is 0. The number of nitrogens with zero attached hydrogens (tertiary/aromatic N) is 3. The lowest BCUT2D eigenvalue weighted by Gasteiger charge is -2.44. The number of aliphatic hydroxyl groups is 1. The van der Waals surface area contributed by atoms with Crippen LogP contribution in [0, 0.1) is 5.92 Å². The van der Waals surface area contributed by atoms with E-state index < -0.39 is 26.2 Å². The van der Waals surface area contributed by atoms with Crippen LogP contribution < -0.4 is 9.75 Å². The number of fused-ring (bicyclic) bond motifs is 2. The molecule has 0 aromatic heterocycles. The van der Waals surface area contributed by atoms with E-state index in [4.69, 9.17) is 14.6 Å². The Morgan fingerprint density at radius 1 is 1.09 bits per heavy atom. The number of aliphatic hydroxyl groups excluding tert-OH is 1. The van der Waals surface area contributed by atoms with Gasteiger partial charge >= 0.3 is 0 Å². The van der Waals surface area contributed by atoms with Crippen molar-refractivity contribution in [3.63, 3.8) is 0 Å². The molecule has 242 valence electrons. The third kappa shape index (κ3) is 6.26. The van der Waals surface area contributed by atoms with Crippen molar-refractivity contribution in [3.8, 4) is 5.75 Å². The van der Waals surface area contributed by atoms with Gasteiger partial charge in [-0.2, -0.15) is 5.10 Å². The molecule has 0 saturated heterocycles. The maximum absolute atomic E-state index is 16.2. The number of halogens is 1. The number of carbonyl (C=O) groups excluding carboxylic acids is 2. The van der Waals surface area contributed by atoms with Crippen LogP contribution in [-0.2, 0) is 27.3 Å². The number of carbonyl (C=O) groups is 2. The van der Waals surface area contributed by atoms with Gasteiger partial charge < -0.3 is 23.6 Å². The lowest BCUT2D eigenvalue weighted by atomic mass is 9.86. The summed E-state index contributed by atoms with van der Waals surface area (Å²) in [6.07, 6.45) is 0.396. The molecule has 3 aromatic carbocycles. The van der Waals surface area contributed by atoms with Gasteiger partial charge in [0.1, 0.15) is 11.9 Å². The fourth-order valence-corrected chi connectivity index (χ4v) is 9.00. The summed E-state index contributed by atoms with van der Waals surface area (Å²) in [4.78, 5) is 28.6. The Balaban J connectivity index is 1.27. The van der Waals surface area contributed by atoms with Crippen LogP contribution in [0.4, 0.5) is 9.80 Å². The molecule has 2 amide bonds. The minimum atomic E-state index is -3.46. The van der Waals surface area contributed by atoms with Gasteiger partial charge in [0.2, 0.25) is 20.2 Å². The molecule has 3 aromatic rings. The Morgan fingerprint density at radius 3 is 2.50 bits per heavy atom. The van der Waals surface area contributed by atoms with Crippen molar-refractivity contribution in [2.75, 3.05) is 18.7 Å². The molecule has 0 fully saturated rings. The summed E-state index contributed by atoms with van der Waals surface area (Å²) < 4.78 is 28.8. The van der Waals surface area contributed by atoms with Crippen molar-refractivity contribution in [1.29, 1.82) is 0 Å². The molecule has 0 saturated carbocycles. The standard InChI is InChI=1S/C36H42FN3O5Si/c1-23-35(44-2)29-19-27(40-33(42)17-15-30(38-40)24-10-6-5-7-11-24)14-16-31(29)45-36(23)32(46(3,4)37)20-34(43)39-21-26-13-9-8-12-25(26)18-28(39)22-41/h5-14,16,19,23,28,32,35-36,41H,15,17-18,20-22H2,1-4H3/t23-,28+,32?,35-,36-/m1/s1. The molecule has 3 aliphatic heterocycles. The van der Waals surface area contributed by atoms with Crippen molar-refractivity contribution in [3.05, 3.63) is 95.1 Å².